The zero-order valence-corrected chi connectivity index (χ0v) is 8.32. The van der Waals surface area contributed by atoms with E-state index in [1.807, 2.05) is 0 Å². The summed E-state index contributed by atoms with van der Waals surface area (Å²) >= 11 is 0. The molecule has 1 saturated heterocycles. The summed E-state index contributed by atoms with van der Waals surface area (Å²) in [5.74, 6) is 0.855. The van der Waals surface area contributed by atoms with Crippen LogP contribution < -0.4 is 5.90 Å². The normalized spacial score (nSPS) is 27.5. The Balaban J connectivity index is 2.66. The van der Waals surface area contributed by atoms with E-state index in [-0.39, 0.29) is 13.0 Å². The third kappa shape index (κ3) is 2.61. The van der Waals surface area contributed by atoms with Crippen molar-refractivity contribution >= 4 is 5.91 Å². The molecule has 1 amide bonds. The van der Waals surface area contributed by atoms with E-state index in [2.05, 4.69) is 4.84 Å². The van der Waals surface area contributed by atoms with E-state index in [1.54, 1.807) is 0 Å². The summed E-state index contributed by atoms with van der Waals surface area (Å²) in [6.45, 7) is 0.589. The fourth-order valence-electron chi connectivity index (χ4n) is 1.54. The number of carbonyl (C=O) groups excluding carboxylic acids is 1. The van der Waals surface area contributed by atoms with Crippen LogP contribution in [0.2, 0.25) is 0 Å². The molecule has 0 aliphatic carbocycles. The first kappa shape index (κ1) is 12.3. The molecule has 1 fully saturated rings. The Hall–Kier alpha value is -0.790. The fourth-order valence-corrected chi connectivity index (χ4v) is 1.54. The zero-order valence-electron chi connectivity index (χ0n) is 8.32. The molecular weight excluding hydrogens is 210 g/mol. The summed E-state index contributed by atoms with van der Waals surface area (Å²) in [7, 11) is 0. The largest absolute Gasteiger partial charge is 0.384 e. The van der Waals surface area contributed by atoms with Crippen molar-refractivity contribution in [3.8, 4) is 0 Å². The molecule has 88 valence electrons. The Bertz CT molecular complexity index is 248. The molecule has 0 radical (unpaired) electrons. The molecule has 7 heteroatoms. The minimum absolute atomic E-state index is 0.0397. The molecule has 1 aliphatic rings. The first-order valence-electron chi connectivity index (χ1n) is 4.58. The summed E-state index contributed by atoms with van der Waals surface area (Å²) in [6, 6.07) is 0. The standard InChI is InChI=1S/C8H14F2N2O3/c1-5(13)7(14)12-3-2-6(15-11)8(9,10)4-12/h5-6,13H,2-4,11H2,1H3/t5-,6?/m0/s1. The highest BCUT2D eigenvalue weighted by Crippen LogP contribution is 2.29. The highest BCUT2D eigenvalue weighted by molar-refractivity contribution is 5.80. The quantitative estimate of drug-likeness (QED) is 0.620. The van der Waals surface area contributed by atoms with Crippen LogP contribution in [0.5, 0.6) is 0 Å². The molecule has 15 heavy (non-hydrogen) atoms. The predicted molar refractivity (Wildman–Crippen MR) is 46.9 cm³/mol. The van der Waals surface area contributed by atoms with Crippen LogP contribution in [0.1, 0.15) is 13.3 Å². The number of halogens is 2. The Morgan fingerprint density at radius 1 is 1.73 bits per heavy atom. The van der Waals surface area contributed by atoms with Gasteiger partial charge in [0.25, 0.3) is 11.8 Å². The molecule has 1 aliphatic heterocycles. The van der Waals surface area contributed by atoms with Crippen LogP contribution in [0.25, 0.3) is 0 Å². The van der Waals surface area contributed by atoms with Gasteiger partial charge in [-0.1, -0.05) is 0 Å². The molecule has 1 heterocycles. The lowest BCUT2D eigenvalue weighted by Gasteiger charge is -2.37. The van der Waals surface area contributed by atoms with Crippen molar-refractivity contribution in [1.29, 1.82) is 0 Å². The fraction of sp³-hybridized carbons (Fsp3) is 0.875. The molecule has 2 atom stereocenters. The summed E-state index contributed by atoms with van der Waals surface area (Å²) < 4.78 is 26.5. The molecule has 0 bridgehead atoms. The number of hydrogen-bond donors (Lipinski definition) is 2. The van der Waals surface area contributed by atoms with Gasteiger partial charge in [-0.2, -0.15) is 0 Å². The number of nitrogens with two attached hydrogens (primary N) is 1. The number of alkyl halides is 2. The van der Waals surface area contributed by atoms with E-state index >= 15 is 0 Å². The lowest BCUT2D eigenvalue weighted by Crippen LogP contribution is -2.56. The maximum absolute atomic E-state index is 13.3. The Morgan fingerprint density at radius 2 is 2.33 bits per heavy atom. The molecule has 0 spiro atoms. The van der Waals surface area contributed by atoms with Gasteiger partial charge in [0.2, 0.25) is 0 Å². The van der Waals surface area contributed by atoms with Crippen molar-refractivity contribution in [1.82, 2.24) is 4.90 Å². The van der Waals surface area contributed by atoms with Crippen LogP contribution in [0.15, 0.2) is 0 Å². The Kier molecular flexibility index (Phi) is 3.58. The van der Waals surface area contributed by atoms with E-state index in [4.69, 9.17) is 11.0 Å². The predicted octanol–water partition coefficient (Wildman–Crippen LogP) is -0.506. The van der Waals surface area contributed by atoms with E-state index in [0.29, 0.717) is 0 Å². The number of likely N-dealkylation sites (tertiary alicyclic amines) is 1. The first-order valence-corrected chi connectivity index (χ1v) is 4.58. The summed E-state index contributed by atoms with van der Waals surface area (Å²) in [5.41, 5.74) is 0. The molecule has 0 aromatic heterocycles. The summed E-state index contributed by atoms with van der Waals surface area (Å²) in [4.78, 5) is 16.3. The van der Waals surface area contributed by atoms with Crippen molar-refractivity contribution in [3.63, 3.8) is 0 Å². The maximum atomic E-state index is 13.3. The van der Waals surface area contributed by atoms with Gasteiger partial charge >= 0.3 is 0 Å². The smallest absolute Gasteiger partial charge is 0.292 e. The molecule has 3 N–H and O–H groups in total. The minimum Gasteiger partial charge on any atom is -0.384 e. The van der Waals surface area contributed by atoms with Crippen molar-refractivity contribution in [3.05, 3.63) is 0 Å². The molecule has 0 aromatic rings. The minimum atomic E-state index is -3.17. The Labute approximate surface area is 85.7 Å². The van der Waals surface area contributed by atoms with Gasteiger partial charge in [-0.05, 0) is 13.3 Å². The molecule has 1 unspecified atom stereocenters. The number of carbonyl (C=O) groups is 1. The summed E-state index contributed by atoms with van der Waals surface area (Å²) in [5, 5.41) is 8.97. The first-order chi connectivity index (χ1) is 6.88. The van der Waals surface area contributed by atoms with Gasteiger partial charge < -0.3 is 10.0 Å². The molecule has 0 saturated carbocycles. The number of hydrogen-bond acceptors (Lipinski definition) is 4. The van der Waals surface area contributed by atoms with Gasteiger partial charge in [0.1, 0.15) is 12.2 Å². The second-order valence-electron chi connectivity index (χ2n) is 3.61. The van der Waals surface area contributed by atoms with Crippen LogP contribution >= 0.6 is 0 Å². The second kappa shape index (κ2) is 4.38. The molecular formula is C8H14F2N2O3. The maximum Gasteiger partial charge on any atom is 0.292 e. The number of nitrogens with zero attached hydrogens (tertiary/aromatic N) is 1. The lowest BCUT2D eigenvalue weighted by atomic mass is 10.0. The molecule has 0 aromatic carbocycles. The van der Waals surface area contributed by atoms with Gasteiger partial charge in [-0.15, -0.1) is 0 Å². The van der Waals surface area contributed by atoms with Gasteiger partial charge in [0.15, 0.2) is 0 Å². The topological polar surface area (TPSA) is 75.8 Å². The highest BCUT2D eigenvalue weighted by Gasteiger charge is 2.47. The van der Waals surface area contributed by atoms with Crippen molar-refractivity contribution in [2.45, 2.75) is 31.5 Å². The van der Waals surface area contributed by atoms with Gasteiger partial charge in [0, 0.05) is 6.54 Å². The number of aliphatic hydroxyl groups is 1. The van der Waals surface area contributed by atoms with Crippen molar-refractivity contribution in [2.24, 2.45) is 5.90 Å². The van der Waals surface area contributed by atoms with Crippen LogP contribution in [-0.2, 0) is 9.63 Å². The SMILES string of the molecule is C[C@H](O)C(=O)N1CCC(ON)C(F)(F)C1. The van der Waals surface area contributed by atoms with Gasteiger partial charge in [0.05, 0.1) is 6.54 Å². The lowest BCUT2D eigenvalue weighted by molar-refractivity contribution is -0.184. The third-order valence-corrected chi connectivity index (χ3v) is 2.37. The van der Waals surface area contributed by atoms with E-state index in [0.717, 1.165) is 4.90 Å². The van der Waals surface area contributed by atoms with Crippen molar-refractivity contribution < 1.29 is 23.5 Å². The summed E-state index contributed by atoms with van der Waals surface area (Å²) in [6.07, 6.45) is -2.67. The highest BCUT2D eigenvalue weighted by atomic mass is 19.3. The molecule has 5 nitrogen and oxygen atoms in total. The number of rotatable bonds is 2. The van der Waals surface area contributed by atoms with Crippen LogP contribution in [0, 0.1) is 0 Å². The van der Waals surface area contributed by atoms with Crippen LogP contribution in [-0.4, -0.2) is 47.1 Å². The number of piperidine rings is 1. The van der Waals surface area contributed by atoms with Gasteiger partial charge in [-0.25, -0.2) is 14.7 Å². The average molecular weight is 224 g/mol. The number of aliphatic hydroxyl groups excluding tert-OH is 1. The molecule has 1 rings (SSSR count). The van der Waals surface area contributed by atoms with E-state index in [9.17, 15) is 13.6 Å². The third-order valence-electron chi connectivity index (χ3n) is 2.37. The van der Waals surface area contributed by atoms with Gasteiger partial charge in [-0.3, -0.25) is 9.63 Å². The van der Waals surface area contributed by atoms with Crippen LogP contribution in [0.3, 0.4) is 0 Å². The zero-order chi connectivity index (χ0) is 11.6. The van der Waals surface area contributed by atoms with Crippen molar-refractivity contribution in [2.75, 3.05) is 13.1 Å². The van der Waals surface area contributed by atoms with E-state index < -0.39 is 30.6 Å². The second-order valence-corrected chi connectivity index (χ2v) is 3.61. The number of amides is 1. The van der Waals surface area contributed by atoms with Crippen LogP contribution in [0.4, 0.5) is 8.78 Å². The van der Waals surface area contributed by atoms with E-state index in [1.165, 1.54) is 6.92 Å². The average Bonchev–Trinajstić information content (AvgIpc) is 2.15. The monoisotopic (exact) mass is 224 g/mol. The Morgan fingerprint density at radius 3 is 2.73 bits per heavy atom.